The molecule has 0 amide bonds. The van der Waals surface area contributed by atoms with Crippen molar-refractivity contribution in [2.24, 2.45) is 11.8 Å². The zero-order chi connectivity index (χ0) is 22.2. The lowest BCUT2D eigenvalue weighted by Gasteiger charge is -2.18. The molecule has 4 heterocycles. The molecule has 6 nitrogen and oxygen atoms in total. The molecule has 0 bridgehead atoms. The fraction of sp³-hybridized carbons (Fsp3) is 0.476. The van der Waals surface area contributed by atoms with E-state index in [2.05, 4.69) is 25.5 Å². The van der Waals surface area contributed by atoms with Gasteiger partial charge in [-0.05, 0) is 43.8 Å². The van der Waals surface area contributed by atoms with Crippen molar-refractivity contribution in [1.29, 1.82) is 0 Å². The smallest absolute Gasteiger partial charge is 0.384 e. The molecule has 2 fully saturated rings. The summed E-state index contributed by atoms with van der Waals surface area (Å²) in [7, 11) is 0. The van der Waals surface area contributed by atoms with Crippen LogP contribution >= 0.6 is 0 Å². The molecule has 3 aromatic rings. The second-order valence-electron chi connectivity index (χ2n) is 8.74. The van der Waals surface area contributed by atoms with Gasteiger partial charge in [-0.15, -0.1) is 0 Å². The molecule has 31 heavy (non-hydrogen) atoms. The number of aryl methyl sites for hydroxylation is 1. The highest BCUT2D eigenvalue weighted by Gasteiger charge is 2.55. The highest BCUT2D eigenvalue weighted by atomic mass is 19.4. The first kappa shape index (κ1) is 20.2. The minimum absolute atomic E-state index is 0.0165. The van der Waals surface area contributed by atoms with Gasteiger partial charge in [0.05, 0.1) is 17.0 Å². The quantitative estimate of drug-likeness (QED) is 0.539. The van der Waals surface area contributed by atoms with Gasteiger partial charge in [0.1, 0.15) is 17.0 Å². The molecule has 0 spiro atoms. The number of nitrogen functional groups attached to an aromatic ring is 1. The van der Waals surface area contributed by atoms with Crippen LogP contribution in [0.25, 0.3) is 22.2 Å². The first-order chi connectivity index (χ1) is 14.6. The summed E-state index contributed by atoms with van der Waals surface area (Å²) in [5.41, 5.74) is 4.89. The molecular weight excluding hydrogens is 412 g/mol. The third-order valence-electron chi connectivity index (χ3n) is 6.43. The van der Waals surface area contributed by atoms with E-state index in [0.717, 1.165) is 24.8 Å². The second-order valence-corrected chi connectivity index (χ2v) is 8.74. The van der Waals surface area contributed by atoms with Crippen molar-refractivity contribution < 1.29 is 17.6 Å². The predicted octanol–water partition coefficient (Wildman–Crippen LogP) is 4.12. The summed E-state index contributed by atoms with van der Waals surface area (Å²) in [4.78, 5) is 8.15. The number of aromatic nitrogens is 4. The van der Waals surface area contributed by atoms with Crippen LogP contribution in [0.5, 0.6) is 0 Å². The average Bonchev–Trinajstić information content (AvgIpc) is 3.03. The molecule has 1 aliphatic heterocycles. The Balaban J connectivity index is 1.77. The zero-order valence-corrected chi connectivity index (χ0v) is 17.2. The molecular formula is C21H22F4N6. The number of nitrogens with zero attached hydrogens (tertiary/aromatic N) is 3. The Morgan fingerprint density at radius 2 is 1.84 bits per heavy atom. The van der Waals surface area contributed by atoms with Gasteiger partial charge in [0.25, 0.3) is 0 Å². The van der Waals surface area contributed by atoms with E-state index in [4.69, 9.17) is 5.73 Å². The topological polar surface area (TPSA) is 92.5 Å². The number of hydrogen-bond acceptors (Lipinski definition) is 5. The summed E-state index contributed by atoms with van der Waals surface area (Å²) in [6.45, 7) is 6.75. The molecule has 1 aliphatic carbocycles. The normalized spacial score (nSPS) is 23.0. The number of aromatic amines is 1. The number of piperidine rings is 1. The van der Waals surface area contributed by atoms with Crippen LogP contribution in [0.4, 0.5) is 23.4 Å². The van der Waals surface area contributed by atoms with Gasteiger partial charge in [-0.1, -0.05) is 13.8 Å². The Labute approximate surface area is 175 Å². The molecule has 1 saturated heterocycles. The van der Waals surface area contributed by atoms with Gasteiger partial charge < -0.3 is 11.1 Å². The van der Waals surface area contributed by atoms with Crippen molar-refractivity contribution in [2.45, 2.75) is 38.8 Å². The van der Waals surface area contributed by atoms with E-state index in [1.54, 1.807) is 0 Å². The van der Waals surface area contributed by atoms with Crippen LogP contribution in [-0.2, 0) is 6.18 Å². The van der Waals surface area contributed by atoms with Gasteiger partial charge in [0.15, 0.2) is 5.82 Å². The number of fused-ring (bicyclic) bond motifs is 2. The molecule has 5 rings (SSSR count). The number of halogens is 4. The first-order valence-electron chi connectivity index (χ1n) is 10.2. The van der Waals surface area contributed by atoms with Gasteiger partial charge in [0, 0.05) is 22.6 Å². The summed E-state index contributed by atoms with van der Waals surface area (Å²) < 4.78 is 57.1. The Morgan fingerprint density at radius 1 is 1.16 bits per heavy atom. The second kappa shape index (κ2) is 6.62. The van der Waals surface area contributed by atoms with Gasteiger partial charge in [-0.2, -0.15) is 18.3 Å². The third kappa shape index (κ3) is 2.99. The standard InChI is InChI=1S/C21H22F4N6/c1-7(2)17-14-19(13-10-5-27-6-11(10)13)30-31-20(14)16(22)18(29-17)9-4-12(26)28-8(3)15(9)21(23,24)25/h4,7,10-11,13,27H,5-6H2,1-3H3,(H2,26,28)(H,30,31). The van der Waals surface area contributed by atoms with E-state index >= 15 is 4.39 Å². The van der Waals surface area contributed by atoms with Crippen molar-refractivity contribution in [3.63, 3.8) is 0 Å². The van der Waals surface area contributed by atoms with Crippen molar-refractivity contribution in [1.82, 2.24) is 25.5 Å². The van der Waals surface area contributed by atoms with Crippen molar-refractivity contribution >= 4 is 16.7 Å². The van der Waals surface area contributed by atoms with Crippen LogP contribution in [0, 0.1) is 24.6 Å². The van der Waals surface area contributed by atoms with Crippen LogP contribution in [0.2, 0.25) is 0 Å². The zero-order valence-electron chi connectivity index (χ0n) is 17.2. The third-order valence-corrected chi connectivity index (χ3v) is 6.43. The number of nitrogens with two attached hydrogens (primary N) is 1. The first-order valence-corrected chi connectivity index (χ1v) is 10.2. The largest absolute Gasteiger partial charge is 0.418 e. The SMILES string of the molecule is Cc1nc(N)cc(-c2nc(C(C)C)c3c(C4C5CNCC54)[nH]nc3c2F)c1C(F)(F)F. The van der Waals surface area contributed by atoms with Crippen LogP contribution in [0.1, 0.15) is 48.3 Å². The monoisotopic (exact) mass is 434 g/mol. The number of hydrogen-bond donors (Lipinski definition) is 3. The molecule has 2 atom stereocenters. The summed E-state index contributed by atoms with van der Waals surface area (Å²) in [5.74, 6) is -0.00288. The van der Waals surface area contributed by atoms with Gasteiger partial charge in [0.2, 0.25) is 0 Å². The lowest BCUT2D eigenvalue weighted by molar-refractivity contribution is -0.137. The maximum absolute atomic E-state index is 15.6. The van der Waals surface area contributed by atoms with Crippen LogP contribution in [0.3, 0.4) is 0 Å². The number of anilines is 1. The van der Waals surface area contributed by atoms with Crippen LogP contribution < -0.4 is 11.1 Å². The fourth-order valence-corrected chi connectivity index (χ4v) is 5.04. The van der Waals surface area contributed by atoms with Crippen molar-refractivity contribution in [2.75, 3.05) is 18.8 Å². The van der Waals surface area contributed by atoms with E-state index in [0.29, 0.717) is 22.9 Å². The summed E-state index contributed by atoms with van der Waals surface area (Å²) in [6.07, 6.45) is -4.74. The lowest BCUT2D eigenvalue weighted by atomic mass is 9.97. The maximum atomic E-state index is 15.6. The fourth-order valence-electron chi connectivity index (χ4n) is 5.04. The number of nitrogens with one attached hydrogen (secondary N) is 2. The highest BCUT2D eigenvalue weighted by Crippen LogP contribution is 2.57. The molecule has 0 radical (unpaired) electrons. The van der Waals surface area contributed by atoms with E-state index in [1.165, 1.54) is 6.92 Å². The van der Waals surface area contributed by atoms with Gasteiger partial charge in [-0.3, -0.25) is 5.10 Å². The number of alkyl halides is 3. The molecule has 2 aliphatic rings. The Morgan fingerprint density at radius 3 is 2.45 bits per heavy atom. The van der Waals surface area contributed by atoms with E-state index in [-0.39, 0.29) is 28.9 Å². The Hall–Kier alpha value is -2.75. The molecule has 0 aromatic carbocycles. The maximum Gasteiger partial charge on any atom is 0.418 e. The molecule has 1 saturated carbocycles. The summed E-state index contributed by atoms with van der Waals surface area (Å²) in [5, 5.41) is 11.1. The van der Waals surface area contributed by atoms with Crippen molar-refractivity contribution in [3.05, 3.63) is 34.5 Å². The van der Waals surface area contributed by atoms with Crippen LogP contribution in [0.15, 0.2) is 6.07 Å². The average molecular weight is 434 g/mol. The van der Waals surface area contributed by atoms with Crippen LogP contribution in [-0.4, -0.2) is 33.3 Å². The molecule has 3 aromatic heterocycles. The molecule has 2 unspecified atom stereocenters. The minimum atomic E-state index is -4.74. The number of pyridine rings is 2. The predicted molar refractivity (Wildman–Crippen MR) is 108 cm³/mol. The number of rotatable bonds is 3. The number of H-pyrrole nitrogens is 1. The minimum Gasteiger partial charge on any atom is -0.384 e. The van der Waals surface area contributed by atoms with E-state index < -0.39 is 28.8 Å². The van der Waals surface area contributed by atoms with Crippen molar-refractivity contribution in [3.8, 4) is 11.3 Å². The molecule has 4 N–H and O–H groups in total. The Bertz CT molecular complexity index is 1190. The lowest BCUT2D eigenvalue weighted by Crippen LogP contribution is -2.15. The highest BCUT2D eigenvalue weighted by molar-refractivity contribution is 5.89. The Kier molecular flexibility index (Phi) is 4.31. The summed E-state index contributed by atoms with van der Waals surface area (Å²) in [6, 6.07) is 1.03. The van der Waals surface area contributed by atoms with Gasteiger partial charge >= 0.3 is 6.18 Å². The molecule has 164 valence electrons. The summed E-state index contributed by atoms with van der Waals surface area (Å²) >= 11 is 0. The van der Waals surface area contributed by atoms with Gasteiger partial charge in [-0.25, -0.2) is 14.4 Å². The van der Waals surface area contributed by atoms with E-state index in [9.17, 15) is 13.2 Å². The van der Waals surface area contributed by atoms with E-state index in [1.807, 2.05) is 13.8 Å². The molecule has 10 heteroatoms.